The third-order valence-corrected chi connectivity index (χ3v) is 4.19. The highest BCUT2D eigenvalue weighted by molar-refractivity contribution is 5.67. The van der Waals surface area contributed by atoms with Gasteiger partial charge in [-0.05, 0) is 42.0 Å². The van der Waals surface area contributed by atoms with Crippen molar-refractivity contribution in [3.8, 4) is 34.6 Å². The lowest BCUT2D eigenvalue weighted by Crippen LogP contribution is -1.95. The van der Waals surface area contributed by atoms with Crippen LogP contribution in [0, 0.1) is 11.3 Å². The monoisotopic (exact) mass is 367 g/mol. The van der Waals surface area contributed by atoms with E-state index in [2.05, 4.69) is 16.3 Å². The Kier molecular flexibility index (Phi) is 5.03. The number of hydrogen-bond acceptors (Lipinski definition) is 4. The highest BCUT2D eigenvalue weighted by Crippen LogP contribution is 2.33. The van der Waals surface area contributed by atoms with Crippen LogP contribution in [0.4, 0.5) is 0 Å². The molecule has 0 radical (unpaired) electrons. The van der Waals surface area contributed by atoms with Crippen LogP contribution < -0.4 is 9.47 Å². The second kappa shape index (κ2) is 8.11. The zero-order valence-corrected chi connectivity index (χ0v) is 15.0. The van der Waals surface area contributed by atoms with Crippen LogP contribution in [0.2, 0.25) is 0 Å². The third-order valence-electron chi connectivity index (χ3n) is 4.19. The lowest BCUT2D eigenvalue weighted by Gasteiger charge is -2.09. The van der Waals surface area contributed by atoms with E-state index >= 15 is 0 Å². The Hall–Kier alpha value is -4.04. The lowest BCUT2D eigenvalue weighted by molar-refractivity contribution is 0.306. The second-order valence-corrected chi connectivity index (χ2v) is 6.15. The quantitative estimate of drug-likeness (QED) is 0.501. The van der Waals surface area contributed by atoms with Crippen LogP contribution in [-0.2, 0) is 6.61 Å². The molecule has 1 heterocycles. The zero-order valence-electron chi connectivity index (χ0n) is 15.0. The van der Waals surface area contributed by atoms with Crippen LogP contribution in [0.15, 0.2) is 85.1 Å². The van der Waals surface area contributed by atoms with Gasteiger partial charge in [-0.15, -0.1) is 0 Å². The van der Waals surface area contributed by atoms with Crippen molar-refractivity contribution in [2.24, 2.45) is 0 Å². The number of benzene rings is 3. The van der Waals surface area contributed by atoms with Gasteiger partial charge in [0, 0.05) is 5.56 Å². The van der Waals surface area contributed by atoms with Gasteiger partial charge < -0.3 is 9.47 Å². The molecule has 4 aromatic rings. The molecule has 0 unspecified atom stereocenters. The van der Waals surface area contributed by atoms with Crippen molar-refractivity contribution >= 4 is 0 Å². The number of ether oxygens (including phenoxy) is 2. The minimum atomic E-state index is 0.502. The number of aromatic nitrogens is 2. The molecule has 0 saturated carbocycles. The van der Waals surface area contributed by atoms with Gasteiger partial charge in [0.2, 0.25) is 0 Å². The molecule has 0 saturated heterocycles. The van der Waals surface area contributed by atoms with E-state index in [9.17, 15) is 0 Å². The molecule has 0 atom stereocenters. The summed E-state index contributed by atoms with van der Waals surface area (Å²) in [7, 11) is 0. The molecule has 0 bridgehead atoms. The minimum absolute atomic E-state index is 0.502. The Labute approximate surface area is 162 Å². The maximum atomic E-state index is 8.90. The van der Waals surface area contributed by atoms with E-state index in [0.29, 0.717) is 23.7 Å². The first-order valence-electron chi connectivity index (χ1n) is 8.80. The highest BCUT2D eigenvalue weighted by Gasteiger charge is 2.11. The zero-order chi connectivity index (χ0) is 19.2. The molecule has 1 N–H and O–H groups in total. The predicted molar refractivity (Wildman–Crippen MR) is 106 cm³/mol. The van der Waals surface area contributed by atoms with Crippen molar-refractivity contribution in [3.05, 3.63) is 96.2 Å². The molecule has 5 heteroatoms. The van der Waals surface area contributed by atoms with E-state index in [4.69, 9.17) is 14.7 Å². The fourth-order valence-electron chi connectivity index (χ4n) is 2.77. The number of hydrogen-bond donors (Lipinski definition) is 1. The van der Waals surface area contributed by atoms with Gasteiger partial charge >= 0.3 is 0 Å². The van der Waals surface area contributed by atoms with E-state index in [-0.39, 0.29) is 0 Å². The Bertz CT molecular complexity index is 1100. The molecular weight excluding hydrogens is 350 g/mol. The molecule has 5 nitrogen and oxygen atoms in total. The minimum Gasteiger partial charge on any atom is -0.489 e. The fourth-order valence-corrected chi connectivity index (χ4v) is 2.77. The first-order chi connectivity index (χ1) is 13.8. The summed E-state index contributed by atoms with van der Waals surface area (Å²) < 4.78 is 11.8. The summed E-state index contributed by atoms with van der Waals surface area (Å²) in [5.41, 5.74) is 3.36. The summed E-state index contributed by atoms with van der Waals surface area (Å²) in [5.74, 6) is 2.00. The summed E-state index contributed by atoms with van der Waals surface area (Å²) in [6, 6.07) is 26.8. The smallest absolute Gasteiger partial charge is 0.172 e. The number of nitrogens with one attached hydrogen (secondary N) is 1. The Balaban J connectivity index is 1.51. The first kappa shape index (κ1) is 17.4. The van der Waals surface area contributed by atoms with Crippen molar-refractivity contribution in [1.82, 2.24) is 10.2 Å². The molecule has 3 aromatic carbocycles. The van der Waals surface area contributed by atoms with Gasteiger partial charge in [0.25, 0.3) is 0 Å². The normalized spacial score (nSPS) is 10.2. The second-order valence-electron chi connectivity index (χ2n) is 6.15. The Morgan fingerprint density at radius 2 is 1.71 bits per heavy atom. The van der Waals surface area contributed by atoms with E-state index in [0.717, 1.165) is 22.6 Å². The van der Waals surface area contributed by atoms with Crippen LogP contribution in [0.3, 0.4) is 0 Å². The summed E-state index contributed by atoms with van der Waals surface area (Å²) in [6.07, 6.45) is 1.63. The van der Waals surface area contributed by atoms with Crippen molar-refractivity contribution in [3.63, 3.8) is 0 Å². The summed E-state index contributed by atoms with van der Waals surface area (Å²) in [4.78, 5) is 0. The van der Waals surface area contributed by atoms with Crippen molar-refractivity contribution in [2.75, 3.05) is 0 Å². The van der Waals surface area contributed by atoms with Crippen LogP contribution in [0.1, 0.15) is 11.1 Å². The van der Waals surface area contributed by atoms with Gasteiger partial charge in [0.1, 0.15) is 23.8 Å². The van der Waals surface area contributed by atoms with Crippen LogP contribution in [-0.4, -0.2) is 10.2 Å². The van der Waals surface area contributed by atoms with Crippen molar-refractivity contribution in [1.29, 1.82) is 5.26 Å². The van der Waals surface area contributed by atoms with E-state index in [1.165, 1.54) is 0 Å². The number of H-pyrrole nitrogens is 1. The average Bonchev–Trinajstić information content (AvgIpc) is 3.22. The van der Waals surface area contributed by atoms with Gasteiger partial charge in [-0.2, -0.15) is 10.4 Å². The van der Waals surface area contributed by atoms with Gasteiger partial charge in [-0.25, -0.2) is 0 Å². The Morgan fingerprint density at radius 3 is 2.50 bits per heavy atom. The SMILES string of the molecule is N#Cc1ccc(Oc2cn[nH]c2-c2cccc(OCc3ccccc3)c2)cc1. The summed E-state index contributed by atoms with van der Waals surface area (Å²) in [5, 5.41) is 16.0. The molecular formula is C23H17N3O2. The van der Waals surface area contributed by atoms with Gasteiger partial charge in [-0.3, -0.25) is 5.10 Å². The predicted octanol–water partition coefficient (Wildman–Crippen LogP) is 5.32. The van der Waals surface area contributed by atoms with E-state index in [1.807, 2.05) is 54.6 Å². The molecule has 0 aliphatic rings. The number of aromatic amines is 1. The van der Waals surface area contributed by atoms with Crippen LogP contribution in [0.25, 0.3) is 11.3 Å². The lowest BCUT2D eigenvalue weighted by atomic mass is 10.1. The molecule has 1 aromatic heterocycles. The molecule has 136 valence electrons. The number of nitrogens with zero attached hydrogens (tertiary/aromatic N) is 2. The topological polar surface area (TPSA) is 70.9 Å². The number of rotatable bonds is 6. The van der Waals surface area contributed by atoms with E-state index < -0.39 is 0 Å². The third kappa shape index (κ3) is 4.02. The largest absolute Gasteiger partial charge is 0.489 e. The standard InChI is InChI=1S/C23H17N3O2/c24-14-17-9-11-20(12-10-17)28-22-15-25-26-23(22)19-7-4-8-21(13-19)27-16-18-5-2-1-3-6-18/h1-13,15H,16H2,(H,25,26). The molecule has 0 fully saturated rings. The maximum Gasteiger partial charge on any atom is 0.172 e. The molecule has 0 aliphatic heterocycles. The summed E-state index contributed by atoms with van der Waals surface area (Å²) >= 11 is 0. The molecule has 0 spiro atoms. The molecule has 4 rings (SSSR count). The fraction of sp³-hybridized carbons (Fsp3) is 0.0435. The van der Waals surface area contributed by atoms with E-state index in [1.54, 1.807) is 30.5 Å². The molecule has 0 amide bonds. The van der Waals surface area contributed by atoms with Gasteiger partial charge in [-0.1, -0.05) is 42.5 Å². The maximum absolute atomic E-state index is 8.90. The average molecular weight is 367 g/mol. The van der Waals surface area contributed by atoms with Crippen LogP contribution in [0.5, 0.6) is 17.2 Å². The Morgan fingerprint density at radius 1 is 0.893 bits per heavy atom. The highest BCUT2D eigenvalue weighted by atomic mass is 16.5. The molecule has 28 heavy (non-hydrogen) atoms. The van der Waals surface area contributed by atoms with Gasteiger partial charge in [0.15, 0.2) is 5.75 Å². The number of nitriles is 1. The van der Waals surface area contributed by atoms with Gasteiger partial charge in [0.05, 0.1) is 17.8 Å². The first-order valence-corrected chi connectivity index (χ1v) is 8.80. The van der Waals surface area contributed by atoms with Crippen molar-refractivity contribution in [2.45, 2.75) is 6.61 Å². The van der Waals surface area contributed by atoms with Crippen LogP contribution >= 0.6 is 0 Å². The molecule has 0 aliphatic carbocycles. The van der Waals surface area contributed by atoms with Crippen molar-refractivity contribution < 1.29 is 9.47 Å². The summed E-state index contributed by atoms with van der Waals surface area (Å²) in [6.45, 7) is 0.502.